The van der Waals surface area contributed by atoms with Crippen molar-refractivity contribution in [2.75, 3.05) is 0 Å². The van der Waals surface area contributed by atoms with Gasteiger partial charge in [-0.15, -0.1) is 4.41 Å². The molecule has 0 radical (unpaired) electrons. The predicted molar refractivity (Wildman–Crippen MR) is 35.2 cm³/mol. The van der Waals surface area contributed by atoms with E-state index in [1.807, 2.05) is 0 Å². The molecule has 0 spiro atoms. The highest BCUT2D eigenvalue weighted by Crippen LogP contribution is 2.47. The summed E-state index contributed by atoms with van der Waals surface area (Å²) >= 11 is 0. The zero-order chi connectivity index (χ0) is 11.4. The molecule has 0 unspecified atom stereocenters. The Morgan fingerprint density at radius 2 is 1.71 bits per heavy atom. The molecule has 1 heterocycles. The Hall–Kier alpha value is -1.19. The molecule has 0 aromatic heterocycles. The third-order valence-electron chi connectivity index (χ3n) is 1.49. The standard InChI is InChI=1S/C4H2F4N2O3S/c1-9-10-2(11)3(5,6)4(7,8)14(10,12)13/h1H2. The number of halogens is 4. The number of carbonyl (C=O) groups is 1. The van der Waals surface area contributed by atoms with E-state index in [0.717, 1.165) is 0 Å². The number of amides is 1. The van der Waals surface area contributed by atoms with Crippen LogP contribution in [0.4, 0.5) is 17.6 Å². The first-order chi connectivity index (χ1) is 6.10. The fraction of sp³-hybridized carbons (Fsp3) is 0.500. The van der Waals surface area contributed by atoms with Crippen molar-refractivity contribution in [3.05, 3.63) is 0 Å². The number of alkyl halides is 4. The number of sulfonamides is 1. The average Bonchev–Trinajstić information content (AvgIpc) is 2.10. The van der Waals surface area contributed by atoms with Crippen LogP contribution in [0.5, 0.6) is 0 Å². The van der Waals surface area contributed by atoms with E-state index in [1.54, 1.807) is 0 Å². The van der Waals surface area contributed by atoms with Gasteiger partial charge in [-0.25, -0.2) is 0 Å². The molecule has 80 valence electrons. The molecule has 1 aliphatic heterocycles. The Bertz CT molecular complexity index is 403. The second-order valence-corrected chi connectivity index (χ2v) is 4.09. The average molecular weight is 234 g/mol. The van der Waals surface area contributed by atoms with E-state index in [9.17, 15) is 30.8 Å². The minimum atomic E-state index is -5.80. The maximum absolute atomic E-state index is 12.5. The molecule has 0 aromatic carbocycles. The summed E-state index contributed by atoms with van der Waals surface area (Å²) in [5.74, 6) is -7.93. The molecular weight excluding hydrogens is 232 g/mol. The van der Waals surface area contributed by atoms with Crippen LogP contribution >= 0.6 is 0 Å². The number of carbonyl (C=O) groups excluding carboxylic acids is 1. The third-order valence-corrected chi connectivity index (χ3v) is 3.13. The lowest BCUT2D eigenvalue weighted by atomic mass is 10.3. The lowest BCUT2D eigenvalue weighted by molar-refractivity contribution is -0.176. The number of nitrogens with zero attached hydrogens (tertiary/aromatic N) is 2. The van der Waals surface area contributed by atoms with Gasteiger partial charge in [-0.1, -0.05) is 0 Å². The largest absolute Gasteiger partial charge is 0.437 e. The summed E-state index contributed by atoms with van der Waals surface area (Å²) < 4.78 is 70.1. The first kappa shape index (κ1) is 10.9. The Morgan fingerprint density at radius 1 is 1.29 bits per heavy atom. The molecule has 0 saturated carbocycles. The van der Waals surface area contributed by atoms with Crippen molar-refractivity contribution in [1.29, 1.82) is 0 Å². The summed E-state index contributed by atoms with van der Waals surface area (Å²) in [5, 5.41) is -3.19. The van der Waals surface area contributed by atoms with Gasteiger partial charge < -0.3 is 0 Å². The van der Waals surface area contributed by atoms with Crippen LogP contribution in [0.2, 0.25) is 0 Å². The molecule has 0 N–H and O–H groups in total. The molecular formula is C4H2F4N2O3S. The summed E-state index contributed by atoms with van der Waals surface area (Å²) in [5.41, 5.74) is 0. The molecule has 1 fully saturated rings. The van der Waals surface area contributed by atoms with E-state index in [-0.39, 0.29) is 0 Å². The number of rotatable bonds is 1. The van der Waals surface area contributed by atoms with Crippen LogP contribution in [0.3, 0.4) is 0 Å². The fourth-order valence-electron chi connectivity index (χ4n) is 0.765. The van der Waals surface area contributed by atoms with Gasteiger partial charge in [-0.3, -0.25) is 4.79 Å². The first-order valence-corrected chi connectivity index (χ1v) is 4.36. The van der Waals surface area contributed by atoms with Gasteiger partial charge in [-0.2, -0.15) is 31.1 Å². The lowest BCUT2D eigenvalue weighted by Crippen LogP contribution is -2.42. The second-order valence-electron chi connectivity index (χ2n) is 2.29. The predicted octanol–water partition coefficient (Wildman–Crippen LogP) is 0.00210. The SMILES string of the molecule is C=NN1C(=O)C(F)(F)C(F)(F)S1(=O)=O. The molecule has 10 heteroatoms. The van der Waals surface area contributed by atoms with Gasteiger partial charge in [0.05, 0.1) is 0 Å². The molecule has 1 amide bonds. The molecule has 5 nitrogen and oxygen atoms in total. The van der Waals surface area contributed by atoms with Crippen molar-refractivity contribution < 1.29 is 30.8 Å². The molecule has 1 saturated heterocycles. The van der Waals surface area contributed by atoms with E-state index >= 15 is 0 Å². The van der Waals surface area contributed by atoms with Gasteiger partial charge in [0.15, 0.2) is 0 Å². The third kappa shape index (κ3) is 0.859. The highest BCUT2D eigenvalue weighted by atomic mass is 32.2. The summed E-state index contributed by atoms with van der Waals surface area (Å²) in [4.78, 5) is 10.5. The van der Waals surface area contributed by atoms with E-state index in [0.29, 0.717) is 0 Å². The Kier molecular flexibility index (Phi) is 1.89. The highest BCUT2D eigenvalue weighted by molar-refractivity contribution is 7.91. The number of hydrazone groups is 1. The zero-order valence-corrected chi connectivity index (χ0v) is 7.06. The van der Waals surface area contributed by atoms with Gasteiger partial charge in [0.2, 0.25) is 0 Å². The van der Waals surface area contributed by atoms with Crippen molar-refractivity contribution in [3.8, 4) is 0 Å². The molecule has 0 atom stereocenters. The lowest BCUT2D eigenvalue weighted by Gasteiger charge is -2.11. The quantitative estimate of drug-likeness (QED) is 0.473. The van der Waals surface area contributed by atoms with Crippen molar-refractivity contribution >= 4 is 22.6 Å². The molecule has 1 aliphatic rings. The van der Waals surface area contributed by atoms with Gasteiger partial charge in [-0.05, 0) is 0 Å². The van der Waals surface area contributed by atoms with Crippen molar-refractivity contribution in [2.24, 2.45) is 5.10 Å². The smallest absolute Gasteiger partial charge is 0.264 e. The van der Waals surface area contributed by atoms with Crippen LogP contribution in [0.25, 0.3) is 0 Å². The van der Waals surface area contributed by atoms with E-state index in [2.05, 4.69) is 11.8 Å². The summed E-state index contributed by atoms with van der Waals surface area (Å²) in [6.45, 7) is 2.43. The minimum absolute atomic E-state index is 1.01. The molecule has 0 bridgehead atoms. The van der Waals surface area contributed by atoms with E-state index < -0.39 is 31.5 Å². The highest BCUT2D eigenvalue weighted by Gasteiger charge is 2.80. The van der Waals surface area contributed by atoms with Crippen LogP contribution in [-0.4, -0.2) is 36.6 Å². The van der Waals surface area contributed by atoms with Crippen LogP contribution in [0.15, 0.2) is 5.10 Å². The summed E-state index contributed by atoms with van der Waals surface area (Å²) in [6, 6.07) is 0. The van der Waals surface area contributed by atoms with Crippen LogP contribution in [-0.2, 0) is 14.8 Å². The van der Waals surface area contributed by atoms with Gasteiger partial charge in [0.1, 0.15) is 0 Å². The maximum Gasteiger partial charge on any atom is 0.437 e. The molecule has 1 rings (SSSR count). The first-order valence-electron chi connectivity index (χ1n) is 2.92. The minimum Gasteiger partial charge on any atom is -0.264 e. The van der Waals surface area contributed by atoms with Crippen molar-refractivity contribution in [1.82, 2.24) is 4.41 Å². The zero-order valence-electron chi connectivity index (χ0n) is 6.25. The van der Waals surface area contributed by atoms with Gasteiger partial charge in [0, 0.05) is 6.72 Å². The normalized spacial score (nSPS) is 27.7. The number of hydrogen-bond acceptors (Lipinski definition) is 4. The summed E-state index contributed by atoms with van der Waals surface area (Å²) in [6.07, 6.45) is 0. The van der Waals surface area contributed by atoms with Crippen LogP contribution in [0, 0.1) is 0 Å². The molecule has 0 aliphatic carbocycles. The Labute approximate surface area is 75.0 Å². The Balaban J connectivity index is 3.53. The van der Waals surface area contributed by atoms with Gasteiger partial charge in [0.25, 0.3) is 0 Å². The van der Waals surface area contributed by atoms with Crippen LogP contribution < -0.4 is 0 Å². The maximum atomic E-state index is 12.5. The van der Waals surface area contributed by atoms with Gasteiger partial charge >= 0.3 is 27.1 Å². The van der Waals surface area contributed by atoms with Crippen molar-refractivity contribution in [2.45, 2.75) is 11.2 Å². The topological polar surface area (TPSA) is 66.8 Å². The fourth-order valence-corrected chi connectivity index (χ4v) is 1.88. The second kappa shape index (κ2) is 2.43. The van der Waals surface area contributed by atoms with Crippen LogP contribution in [0.1, 0.15) is 0 Å². The monoisotopic (exact) mass is 234 g/mol. The van der Waals surface area contributed by atoms with E-state index in [1.165, 1.54) is 0 Å². The Morgan fingerprint density at radius 3 is 1.86 bits per heavy atom. The van der Waals surface area contributed by atoms with E-state index in [4.69, 9.17) is 0 Å². The van der Waals surface area contributed by atoms with Crippen molar-refractivity contribution in [3.63, 3.8) is 0 Å². The number of hydrogen-bond donors (Lipinski definition) is 0. The molecule has 14 heavy (non-hydrogen) atoms. The summed E-state index contributed by atoms with van der Waals surface area (Å²) in [7, 11) is -5.80. The molecule has 0 aromatic rings.